The van der Waals surface area contributed by atoms with Gasteiger partial charge in [0.15, 0.2) is 0 Å². The third kappa shape index (κ3) is 3.07. The number of nitrogens with zero attached hydrogens (tertiary/aromatic N) is 2. The number of amides is 1. The summed E-state index contributed by atoms with van der Waals surface area (Å²) in [7, 11) is 1.34. The normalized spacial score (nSPS) is 19.1. The van der Waals surface area contributed by atoms with Crippen LogP contribution < -0.4 is 0 Å². The molecule has 0 spiro atoms. The van der Waals surface area contributed by atoms with Gasteiger partial charge in [-0.25, -0.2) is 9.37 Å². The number of piperidine rings is 1. The maximum atomic E-state index is 12.8. The minimum atomic E-state index is -0.484. The fourth-order valence-corrected chi connectivity index (χ4v) is 2.18. The van der Waals surface area contributed by atoms with E-state index in [0.29, 0.717) is 19.5 Å². The first-order valence-corrected chi connectivity index (χ1v) is 6.10. The molecule has 1 aromatic rings. The van der Waals surface area contributed by atoms with Crippen LogP contribution in [0.25, 0.3) is 0 Å². The van der Waals surface area contributed by atoms with Crippen molar-refractivity contribution in [3.63, 3.8) is 0 Å². The molecule has 0 N–H and O–H groups in total. The van der Waals surface area contributed by atoms with Gasteiger partial charge in [0.2, 0.25) is 0 Å². The van der Waals surface area contributed by atoms with E-state index < -0.39 is 5.82 Å². The summed E-state index contributed by atoms with van der Waals surface area (Å²) in [5.41, 5.74) is 0.187. The lowest BCUT2D eigenvalue weighted by Crippen LogP contribution is -2.42. The third-order valence-corrected chi connectivity index (χ3v) is 3.19. The fourth-order valence-electron chi connectivity index (χ4n) is 2.18. The topological polar surface area (TPSA) is 59.5 Å². The minimum absolute atomic E-state index is 0.187. The van der Waals surface area contributed by atoms with Gasteiger partial charge in [0.05, 0.1) is 19.2 Å². The Kier molecular flexibility index (Phi) is 4.09. The predicted molar refractivity (Wildman–Crippen MR) is 64.8 cm³/mol. The molecule has 6 heteroatoms. The van der Waals surface area contributed by atoms with Gasteiger partial charge in [-0.3, -0.25) is 9.59 Å². The monoisotopic (exact) mass is 266 g/mol. The van der Waals surface area contributed by atoms with Crippen LogP contribution >= 0.6 is 0 Å². The van der Waals surface area contributed by atoms with Crippen molar-refractivity contribution >= 4 is 11.9 Å². The van der Waals surface area contributed by atoms with Gasteiger partial charge in [0, 0.05) is 13.1 Å². The zero-order chi connectivity index (χ0) is 13.8. The number of hydrogen-bond donors (Lipinski definition) is 0. The summed E-state index contributed by atoms with van der Waals surface area (Å²) >= 11 is 0. The number of pyridine rings is 1. The van der Waals surface area contributed by atoms with Gasteiger partial charge in [-0.05, 0) is 25.0 Å². The number of rotatable bonds is 2. The molecule has 2 rings (SSSR count). The molecule has 0 aromatic carbocycles. The average molecular weight is 266 g/mol. The molecular formula is C13H15FN2O3. The first-order chi connectivity index (χ1) is 9.11. The SMILES string of the molecule is COC(=O)[C@H]1CCCN(C(=O)c2ccc(F)cn2)C1. The van der Waals surface area contributed by atoms with Crippen molar-refractivity contribution in [2.24, 2.45) is 5.92 Å². The molecule has 1 saturated heterocycles. The summed E-state index contributed by atoms with van der Waals surface area (Å²) in [5, 5.41) is 0. The number of carbonyl (C=O) groups is 2. The van der Waals surface area contributed by atoms with Crippen LogP contribution in [-0.2, 0) is 9.53 Å². The van der Waals surface area contributed by atoms with Gasteiger partial charge in [-0.1, -0.05) is 0 Å². The van der Waals surface area contributed by atoms with E-state index in [1.54, 1.807) is 4.90 Å². The highest BCUT2D eigenvalue weighted by Crippen LogP contribution is 2.19. The number of likely N-dealkylation sites (tertiary alicyclic amines) is 1. The quantitative estimate of drug-likeness (QED) is 0.756. The highest BCUT2D eigenvalue weighted by Gasteiger charge is 2.29. The lowest BCUT2D eigenvalue weighted by Gasteiger charge is -2.31. The molecular weight excluding hydrogens is 251 g/mol. The van der Waals surface area contributed by atoms with Crippen LogP contribution in [0, 0.1) is 11.7 Å². The Morgan fingerprint density at radius 3 is 2.89 bits per heavy atom. The maximum Gasteiger partial charge on any atom is 0.310 e. The molecule has 2 heterocycles. The predicted octanol–water partition coefficient (Wildman–Crippen LogP) is 1.25. The van der Waals surface area contributed by atoms with Gasteiger partial charge < -0.3 is 9.64 Å². The summed E-state index contributed by atoms with van der Waals surface area (Å²) in [4.78, 5) is 29.0. The first kappa shape index (κ1) is 13.5. The number of hydrogen-bond acceptors (Lipinski definition) is 4. The van der Waals surface area contributed by atoms with Crippen LogP contribution in [-0.4, -0.2) is 42.0 Å². The molecule has 0 radical (unpaired) electrons. The van der Waals surface area contributed by atoms with Crippen molar-refractivity contribution in [2.45, 2.75) is 12.8 Å². The van der Waals surface area contributed by atoms with Crippen molar-refractivity contribution in [3.05, 3.63) is 29.8 Å². The Morgan fingerprint density at radius 1 is 1.47 bits per heavy atom. The van der Waals surface area contributed by atoms with E-state index in [2.05, 4.69) is 4.98 Å². The number of ether oxygens (including phenoxy) is 1. The van der Waals surface area contributed by atoms with Crippen LogP contribution in [0.4, 0.5) is 4.39 Å². The molecule has 1 amide bonds. The average Bonchev–Trinajstić information content (AvgIpc) is 2.46. The molecule has 0 unspecified atom stereocenters. The molecule has 1 aromatic heterocycles. The number of halogens is 1. The summed E-state index contributed by atoms with van der Waals surface area (Å²) in [6.45, 7) is 0.899. The van der Waals surface area contributed by atoms with Gasteiger partial charge in [-0.15, -0.1) is 0 Å². The fraction of sp³-hybridized carbons (Fsp3) is 0.462. The van der Waals surface area contributed by atoms with Crippen molar-refractivity contribution < 1.29 is 18.7 Å². The molecule has 5 nitrogen and oxygen atoms in total. The largest absolute Gasteiger partial charge is 0.469 e. The van der Waals surface area contributed by atoms with Crippen LogP contribution in [0.3, 0.4) is 0 Å². The minimum Gasteiger partial charge on any atom is -0.469 e. The summed E-state index contributed by atoms with van der Waals surface area (Å²) in [5.74, 6) is -1.36. The Morgan fingerprint density at radius 2 is 2.26 bits per heavy atom. The third-order valence-electron chi connectivity index (χ3n) is 3.19. The van der Waals surface area contributed by atoms with E-state index in [4.69, 9.17) is 4.74 Å². The highest BCUT2D eigenvalue weighted by atomic mass is 19.1. The first-order valence-electron chi connectivity index (χ1n) is 6.10. The van der Waals surface area contributed by atoms with E-state index >= 15 is 0 Å². The molecule has 1 fully saturated rings. The number of methoxy groups -OCH3 is 1. The second-order valence-corrected chi connectivity index (χ2v) is 4.48. The number of aromatic nitrogens is 1. The lowest BCUT2D eigenvalue weighted by molar-refractivity contribution is -0.146. The summed E-state index contributed by atoms with van der Waals surface area (Å²) in [6.07, 6.45) is 2.47. The van der Waals surface area contributed by atoms with Gasteiger partial charge >= 0.3 is 5.97 Å². The highest BCUT2D eigenvalue weighted by molar-refractivity contribution is 5.92. The zero-order valence-electron chi connectivity index (χ0n) is 10.6. The second kappa shape index (κ2) is 5.77. The smallest absolute Gasteiger partial charge is 0.310 e. The van der Waals surface area contributed by atoms with E-state index in [-0.39, 0.29) is 23.5 Å². The van der Waals surface area contributed by atoms with Crippen LogP contribution in [0.2, 0.25) is 0 Å². The van der Waals surface area contributed by atoms with Crippen LogP contribution in [0.15, 0.2) is 18.3 Å². The molecule has 0 aliphatic carbocycles. The number of carbonyl (C=O) groups excluding carboxylic acids is 2. The molecule has 19 heavy (non-hydrogen) atoms. The Hall–Kier alpha value is -1.98. The van der Waals surface area contributed by atoms with E-state index in [1.165, 1.54) is 19.2 Å². The van der Waals surface area contributed by atoms with Crippen LogP contribution in [0.1, 0.15) is 23.3 Å². The standard InChI is InChI=1S/C13H15FN2O3/c1-19-13(18)9-3-2-6-16(8-9)12(17)11-5-4-10(14)7-15-11/h4-5,7,9H,2-3,6,8H2,1H3/t9-/m0/s1. The maximum absolute atomic E-state index is 12.8. The number of esters is 1. The van der Waals surface area contributed by atoms with E-state index in [0.717, 1.165) is 12.6 Å². The summed E-state index contributed by atoms with van der Waals surface area (Å²) in [6, 6.07) is 2.54. The Balaban J connectivity index is 2.06. The molecule has 102 valence electrons. The van der Waals surface area contributed by atoms with Gasteiger partial charge in [0.25, 0.3) is 5.91 Å². The van der Waals surface area contributed by atoms with Gasteiger partial charge in [-0.2, -0.15) is 0 Å². The van der Waals surface area contributed by atoms with Crippen molar-refractivity contribution in [3.8, 4) is 0 Å². The Labute approximate surface area is 110 Å². The molecule has 0 bridgehead atoms. The Bertz CT molecular complexity index is 475. The molecule has 1 aliphatic rings. The van der Waals surface area contributed by atoms with Crippen molar-refractivity contribution in [2.75, 3.05) is 20.2 Å². The zero-order valence-corrected chi connectivity index (χ0v) is 10.6. The van der Waals surface area contributed by atoms with Crippen LogP contribution in [0.5, 0.6) is 0 Å². The molecule has 1 aliphatic heterocycles. The second-order valence-electron chi connectivity index (χ2n) is 4.48. The van der Waals surface area contributed by atoms with Crippen molar-refractivity contribution in [1.82, 2.24) is 9.88 Å². The van der Waals surface area contributed by atoms with E-state index in [1.807, 2.05) is 0 Å². The molecule has 1 atom stereocenters. The van der Waals surface area contributed by atoms with Crippen molar-refractivity contribution in [1.29, 1.82) is 0 Å². The molecule has 0 saturated carbocycles. The van der Waals surface area contributed by atoms with E-state index in [9.17, 15) is 14.0 Å². The van der Waals surface area contributed by atoms with Gasteiger partial charge in [0.1, 0.15) is 11.5 Å². The summed E-state index contributed by atoms with van der Waals surface area (Å²) < 4.78 is 17.5. The lowest BCUT2D eigenvalue weighted by atomic mass is 9.98.